The van der Waals surface area contributed by atoms with Crippen LogP contribution in [0.3, 0.4) is 0 Å². The number of nitrogens with one attached hydrogen (secondary N) is 2. The summed E-state index contributed by atoms with van der Waals surface area (Å²) in [7, 11) is 0. The lowest BCUT2D eigenvalue weighted by atomic mass is 9.83. The highest BCUT2D eigenvalue weighted by atomic mass is 16.5. The quantitative estimate of drug-likeness (QED) is 0.505. The number of fused-ring (bicyclic) bond motifs is 1. The van der Waals surface area contributed by atoms with Gasteiger partial charge in [-0.1, -0.05) is 63.2 Å². The molecule has 0 spiro atoms. The Morgan fingerprint density at radius 1 is 1.04 bits per heavy atom. The molecule has 0 aliphatic heterocycles. The van der Waals surface area contributed by atoms with E-state index in [0.29, 0.717) is 6.42 Å². The molecule has 3 N–H and O–H groups in total. The highest BCUT2D eigenvalue weighted by Crippen LogP contribution is 2.23. The molecule has 1 unspecified atom stereocenters. The van der Waals surface area contributed by atoms with Crippen LogP contribution in [0, 0.1) is 11.3 Å². The van der Waals surface area contributed by atoms with E-state index in [2.05, 4.69) is 5.32 Å². The average Bonchev–Trinajstić information content (AvgIpc) is 2.63. The first-order valence-electron chi connectivity index (χ1n) is 9.33. The minimum atomic E-state index is -0.711. The van der Waals surface area contributed by atoms with Crippen molar-refractivity contribution in [1.82, 2.24) is 10.8 Å². The molecule has 0 aliphatic carbocycles. The van der Waals surface area contributed by atoms with Gasteiger partial charge in [-0.15, -0.1) is 0 Å². The van der Waals surface area contributed by atoms with Crippen LogP contribution in [0.5, 0.6) is 0 Å². The van der Waals surface area contributed by atoms with Crippen molar-refractivity contribution in [2.75, 3.05) is 0 Å². The molecule has 0 fully saturated rings. The van der Waals surface area contributed by atoms with Gasteiger partial charge in [0.15, 0.2) is 5.78 Å². The molecule has 2 atom stereocenters. The summed E-state index contributed by atoms with van der Waals surface area (Å²) in [6.45, 7) is 7.06. The number of benzene rings is 2. The molecule has 2 aromatic carbocycles. The van der Waals surface area contributed by atoms with Crippen LogP contribution in [0.15, 0.2) is 42.5 Å². The Morgan fingerprint density at radius 3 is 2.25 bits per heavy atom. The number of rotatable bonds is 7. The van der Waals surface area contributed by atoms with Crippen molar-refractivity contribution >= 4 is 28.4 Å². The highest BCUT2D eigenvalue weighted by molar-refractivity contribution is 5.91. The molecule has 28 heavy (non-hydrogen) atoms. The summed E-state index contributed by atoms with van der Waals surface area (Å²) in [5.74, 6) is -1.88. The fourth-order valence-corrected chi connectivity index (χ4v) is 3.37. The lowest BCUT2D eigenvalue weighted by Crippen LogP contribution is -2.50. The number of Topliss-reactive ketones (excluding diaryl/α,β-unsaturated/α-hetero) is 1. The van der Waals surface area contributed by atoms with Crippen LogP contribution in [0.2, 0.25) is 0 Å². The molecule has 0 saturated heterocycles. The predicted octanol–water partition coefficient (Wildman–Crippen LogP) is 3.01. The summed E-state index contributed by atoms with van der Waals surface area (Å²) in [4.78, 5) is 36.6. The lowest BCUT2D eigenvalue weighted by Gasteiger charge is -2.30. The Labute approximate surface area is 165 Å². The molecule has 0 bridgehead atoms. The topological polar surface area (TPSA) is 95.5 Å². The maximum absolute atomic E-state index is 12.9. The first-order chi connectivity index (χ1) is 13.1. The number of carbonyl (C=O) groups excluding carboxylic acids is 3. The fourth-order valence-electron chi connectivity index (χ4n) is 3.37. The second-order valence-corrected chi connectivity index (χ2v) is 8.24. The summed E-state index contributed by atoms with van der Waals surface area (Å²) in [5.41, 5.74) is 2.04. The Morgan fingerprint density at radius 2 is 1.68 bits per heavy atom. The van der Waals surface area contributed by atoms with Crippen LogP contribution < -0.4 is 10.8 Å². The molecule has 0 saturated carbocycles. The Kier molecular flexibility index (Phi) is 6.91. The summed E-state index contributed by atoms with van der Waals surface area (Å²) in [5, 5.41) is 13.8. The summed E-state index contributed by atoms with van der Waals surface area (Å²) in [6, 6.07) is 13.1. The Hall–Kier alpha value is -2.73. The number of hydrogen-bond acceptors (Lipinski definition) is 4. The van der Waals surface area contributed by atoms with E-state index >= 15 is 0 Å². The second-order valence-electron chi connectivity index (χ2n) is 8.24. The third-order valence-corrected chi connectivity index (χ3v) is 4.78. The third-order valence-electron chi connectivity index (χ3n) is 4.78. The van der Waals surface area contributed by atoms with E-state index in [1.807, 2.05) is 63.2 Å². The van der Waals surface area contributed by atoms with Crippen molar-refractivity contribution in [1.29, 1.82) is 0 Å². The van der Waals surface area contributed by atoms with E-state index in [0.717, 1.165) is 16.3 Å². The number of amides is 2. The fraction of sp³-hybridized carbons (Fsp3) is 0.409. The van der Waals surface area contributed by atoms with Crippen molar-refractivity contribution in [2.45, 2.75) is 46.6 Å². The molecular formula is C22H28N2O4. The van der Waals surface area contributed by atoms with E-state index in [1.165, 1.54) is 6.92 Å². The van der Waals surface area contributed by atoms with Gasteiger partial charge < -0.3 is 5.32 Å². The number of carbonyl (C=O) groups is 3. The van der Waals surface area contributed by atoms with Gasteiger partial charge in [-0.3, -0.25) is 19.6 Å². The van der Waals surface area contributed by atoms with Crippen molar-refractivity contribution < 1.29 is 19.6 Å². The van der Waals surface area contributed by atoms with E-state index in [9.17, 15) is 14.4 Å². The molecule has 6 heteroatoms. The van der Waals surface area contributed by atoms with Gasteiger partial charge in [0.2, 0.25) is 11.8 Å². The molecule has 2 aromatic rings. The number of ketones is 1. The predicted molar refractivity (Wildman–Crippen MR) is 108 cm³/mol. The molecule has 0 aromatic heterocycles. The molecule has 0 heterocycles. The van der Waals surface area contributed by atoms with Crippen molar-refractivity contribution in [3.63, 3.8) is 0 Å². The largest absolute Gasteiger partial charge is 0.346 e. The summed E-state index contributed by atoms with van der Waals surface area (Å²) < 4.78 is 0. The minimum absolute atomic E-state index is 0.142. The van der Waals surface area contributed by atoms with Gasteiger partial charge in [-0.2, -0.15) is 0 Å². The van der Waals surface area contributed by atoms with Gasteiger partial charge in [-0.25, -0.2) is 5.48 Å². The first-order valence-corrected chi connectivity index (χ1v) is 9.33. The molecule has 2 rings (SSSR count). The highest BCUT2D eigenvalue weighted by Gasteiger charge is 2.33. The van der Waals surface area contributed by atoms with Gasteiger partial charge in [0.25, 0.3) is 0 Å². The third kappa shape index (κ3) is 5.63. The minimum Gasteiger partial charge on any atom is -0.346 e. The molecule has 6 nitrogen and oxygen atoms in total. The molecule has 150 valence electrons. The number of hydrogen-bond donors (Lipinski definition) is 3. The van der Waals surface area contributed by atoms with Gasteiger partial charge in [-0.05, 0) is 35.1 Å². The van der Waals surface area contributed by atoms with Crippen molar-refractivity contribution in [3.05, 3.63) is 48.0 Å². The second kappa shape index (κ2) is 8.97. The van der Waals surface area contributed by atoms with E-state index < -0.39 is 23.3 Å². The van der Waals surface area contributed by atoms with Gasteiger partial charge in [0.1, 0.15) is 0 Å². The van der Waals surface area contributed by atoms with Crippen LogP contribution in [-0.4, -0.2) is 28.8 Å². The van der Waals surface area contributed by atoms with Crippen LogP contribution >= 0.6 is 0 Å². The Bertz CT molecular complexity index is 870. The molecule has 0 radical (unpaired) electrons. The van der Waals surface area contributed by atoms with Crippen LogP contribution in [0.25, 0.3) is 10.8 Å². The average molecular weight is 384 g/mol. The zero-order valence-electron chi connectivity index (χ0n) is 16.8. The molecule has 0 aliphatic rings. The lowest BCUT2D eigenvalue weighted by molar-refractivity contribution is -0.136. The zero-order valence-corrected chi connectivity index (χ0v) is 16.8. The molecule has 2 amide bonds. The Balaban J connectivity index is 2.25. The van der Waals surface area contributed by atoms with Gasteiger partial charge in [0.05, 0.1) is 12.0 Å². The van der Waals surface area contributed by atoms with E-state index in [1.54, 1.807) is 5.48 Å². The zero-order chi connectivity index (χ0) is 20.9. The smallest absolute Gasteiger partial charge is 0.244 e. The number of hydroxylamine groups is 1. The van der Waals surface area contributed by atoms with E-state index in [4.69, 9.17) is 5.21 Å². The molecular weight excluding hydrogens is 356 g/mol. The SMILES string of the molecule is CC(=O)[C@@H](NC(=O)C(CC(=O)NO)Cc1ccc2ccccc2c1)C(C)(C)C. The maximum atomic E-state index is 12.9. The maximum Gasteiger partial charge on any atom is 0.244 e. The normalized spacial score (nSPS) is 13.6. The summed E-state index contributed by atoms with van der Waals surface area (Å²) in [6.07, 6.45) is 0.142. The van der Waals surface area contributed by atoms with E-state index in [-0.39, 0.29) is 18.1 Å². The van der Waals surface area contributed by atoms with Gasteiger partial charge >= 0.3 is 0 Å². The first kappa shape index (κ1) is 21.6. The van der Waals surface area contributed by atoms with Crippen LogP contribution in [0.1, 0.15) is 39.7 Å². The van der Waals surface area contributed by atoms with Crippen molar-refractivity contribution in [2.24, 2.45) is 11.3 Å². The monoisotopic (exact) mass is 384 g/mol. The summed E-state index contributed by atoms with van der Waals surface area (Å²) >= 11 is 0. The van der Waals surface area contributed by atoms with Crippen LogP contribution in [0.4, 0.5) is 0 Å². The van der Waals surface area contributed by atoms with Gasteiger partial charge in [0, 0.05) is 6.42 Å². The standard InChI is InChI=1S/C22H28N2O4/c1-14(25)20(22(2,3)4)23-21(27)18(13-19(26)24-28)12-15-9-10-16-7-5-6-8-17(16)11-15/h5-11,18,20,28H,12-13H2,1-4H3,(H,23,27)(H,24,26)/t18?,20-/m1/s1. The van der Waals surface area contributed by atoms with Crippen molar-refractivity contribution in [3.8, 4) is 0 Å². The van der Waals surface area contributed by atoms with Crippen LogP contribution in [-0.2, 0) is 20.8 Å².